The second kappa shape index (κ2) is 3.87. The third-order valence-electron chi connectivity index (χ3n) is 2.75. The van der Waals surface area contributed by atoms with Gasteiger partial charge in [0.05, 0.1) is 0 Å². The summed E-state index contributed by atoms with van der Waals surface area (Å²) >= 11 is 6.06. The molecule has 1 aromatic carbocycles. The quantitative estimate of drug-likeness (QED) is 0.833. The number of benzene rings is 1. The molecule has 1 aromatic heterocycles. The van der Waals surface area contributed by atoms with Crippen molar-refractivity contribution in [1.82, 2.24) is 4.57 Å². The van der Waals surface area contributed by atoms with E-state index in [0.717, 1.165) is 11.6 Å². The summed E-state index contributed by atoms with van der Waals surface area (Å²) < 4.78 is 2.22. The summed E-state index contributed by atoms with van der Waals surface area (Å²) in [6, 6.07) is 6.19. The summed E-state index contributed by atoms with van der Waals surface area (Å²) in [6.07, 6.45) is 0. The molecule has 0 aliphatic heterocycles. The molecule has 0 amide bonds. The van der Waals surface area contributed by atoms with E-state index in [1.54, 1.807) is 0 Å². The lowest BCUT2D eigenvalue weighted by Crippen LogP contribution is -2.10. The van der Waals surface area contributed by atoms with Gasteiger partial charge in [0.2, 0.25) is 0 Å². The van der Waals surface area contributed by atoms with E-state index >= 15 is 0 Å². The van der Waals surface area contributed by atoms with Gasteiger partial charge in [0.1, 0.15) is 0 Å². The molecule has 2 rings (SSSR count). The van der Waals surface area contributed by atoms with E-state index in [-0.39, 0.29) is 0 Å². The zero-order chi connectivity index (χ0) is 11.0. The molecule has 2 N–H and O–H groups in total. The zero-order valence-corrected chi connectivity index (χ0v) is 9.80. The first-order valence-corrected chi connectivity index (χ1v) is 5.47. The predicted molar refractivity (Wildman–Crippen MR) is 65.5 cm³/mol. The highest BCUT2D eigenvalue weighted by molar-refractivity contribution is 6.31. The fraction of sp³-hybridized carbons (Fsp3) is 0.333. The number of halogens is 1. The van der Waals surface area contributed by atoms with E-state index in [9.17, 15) is 0 Å². The van der Waals surface area contributed by atoms with Crippen LogP contribution >= 0.6 is 11.6 Å². The van der Waals surface area contributed by atoms with E-state index in [1.807, 2.05) is 12.1 Å². The van der Waals surface area contributed by atoms with E-state index in [4.69, 9.17) is 17.3 Å². The Balaban J connectivity index is 2.74. The summed E-state index contributed by atoms with van der Waals surface area (Å²) in [6.45, 7) is 5.68. The third kappa shape index (κ3) is 1.75. The van der Waals surface area contributed by atoms with Crippen molar-refractivity contribution in [2.24, 2.45) is 5.73 Å². The Morgan fingerprint density at radius 1 is 1.27 bits per heavy atom. The van der Waals surface area contributed by atoms with Gasteiger partial charge in [-0.1, -0.05) is 11.6 Å². The summed E-state index contributed by atoms with van der Waals surface area (Å²) in [7, 11) is 0. The average Bonchev–Trinajstić information content (AvgIpc) is 2.46. The second-order valence-electron chi connectivity index (χ2n) is 3.88. The second-order valence-corrected chi connectivity index (χ2v) is 4.32. The average molecular weight is 223 g/mol. The standard InChI is InChI=1S/C12H15ClN2/c1-8-5-10(13)7-12-11(8)6-9(2)15(12)4-3-14/h5-7H,3-4,14H2,1-2H3. The van der Waals surface area contributed by atoms with Gasteiger partial charge >= 0.3 is 0 Å². The molecule has 0 radical (unpaired) electrons. The topological polar surface area (TPSA) is 30.9 Å². The van der Waals surface area contributed by atoms with Crippen LogP contribution < -0.4 is 5.73 Å². The van der Waals surface area contributed by atoms with Crippen LogP contribution in [-0.2, 0) is 6.54 Å². The van der Waals surface area contributed by atoms with E-state index < -0.39 is 0 Å². The number of nitrogens with zero attached hydrogens (tertiary/aromatic N) is 1. The highest BCUT2D eigenvalue weighted by atomic mass is 35.5. The van der Waals surface area contributed by atoms with Gasteiger partial charge in [-0.3, -0.25) is 0 Å². The van der Waals surface area contributed by atoms with Crippen LogP contribution in [0.3, 0.4) is 0 Å². The number of rotatable bonds is 2. The molecule has 0 saturated carbocycles. The maximum atomic E-state index is 6.06. The normalized spacial score (nSPS) is 11.2. The monoisotopic (exact) mass is 222 g/mol. The molecule has 0 saturated heterocycles. The molecule has 3 heteroatoms. The number of aryl methyl sites for hydroxylation is 2. The van der Waals surface area contributed by atoms with E-state index in [2.05, 4.69) is 24.5 Å². The van der Waals surface area contributed by atoms with Gasteiger partial charge in [-0.2, -0.15) is 0 Å². The Morgan fingerprint density at radius 2 is 2.00 bits per heavy atom. The molecule has 80 valence electrons. The number of hydrogen-bond acceptors (Lipinski definition) is 1. The maximum absolute atomic E-state index is 6.06. The summed E-state index contributed by atoms with van der Waals surface area (Å²) in [4.78, 5) is 0. The molecule has 0 atom stereocenters. The molecule has 0 spiro atoms. The molecule has 2 nitrogen and oxygen atoms in total. The Bertz CT molecular complexity index is 500. The molecule has 15 heavy (non-hydrogen) atoms. The molecule has 1 heterocycles. The van der Waals surface area contributed by atoms with Crippen molar-refractivity contribution in [1.29, 1.82) is 0 Å². The summed E-state index contributed by atoms with van der Waals surface area (Å²) in [5, 5.41) is 2.06. The van der Waals surface area contributed by atoms with Gasteiger partial charge in [0.15, 0.2) is 0 Å². The van der Waals surface area contributed by atoms with Crippen molar-refractivity contribution in [3.05, 3.63) is 34.5 Å². The van der Waals surface area contributed by atoms with Crippen LogP contribution in [0.5, 0.6) is 0 Å². The SMILES string of the molecule is Cc1cc(Cl)cc2c1cc(C)n2CCN. The smallest absolute Gasteiger partial charge is 0.0500 e. The van der Waals surface area contributed by atoms with Crippen LogP contribution in [0.25, 0.3) is 10.9 Å². The fourth-order valence-electron chi connectivity index (χ4n) is 2.05. The molecule has 0 aliphatic carbocycles. The van der Waals surface area contributed by atoms with Gasteiger partial charge in [0, 0.05) is 34.7 Å². The van der Waals surface area contributed by atoms with Crippen LogP contribution in [0.2, 0.25) is 5.02 Å². The van der Waals surface area contributed by atoms with Crippen LogP contribution in [0, 0.1) is 13.8 Å². The number of fused-ring (bicyclic) bond motifs is 1. The van der Waals surface area contributed by atoms with Crippen LogP contribution in [0.1, 0.15) is 11.3 Å². The van der Waals surface area contributed by atoms with Crippen molar-refractivity contribution in [2.75, 3.05) is 6.54 Å². The van der Waals surface area contributed by atoms with Crippen molar-refractivity contribution in [2.45, 2.75) is 20.4 Å². The maximum Gasteiger partial charge on any atom is 0.0500 e. The fourth-order valence-corrected chi connectivity index (χ4v) is 2.32. The van der Waals surface area contributed by atoms with Crippen molar-refractivity contribution < 1.29 is 0 Å². The Hall–Kier alpha value is -0.990. The number of aromatic nitrogens is 1. The third-order valence-corrected chi connectivity index (χ3v) is 2.97. The summed E-state index contributed by atoms with van der Waals surface area (Å²) in [5.74, 6) is 0. The van der Waals surface area contributed by atoms with Gasteiger partial charge in [-0.15, -0.1) is 0 Å². The molecule has 0 bridgehead atoms. The molecular formula is C12H15ClN2. The lowest BCUT2D eigenvalue weighted by molar-refractivity contribution is 0.715. The Kier molecular flexibility index (Phi) is 2.72. The zero-order valence-electron chi connectivity index (χ0n) is 9.05. The largest absolute Gasteiger partial charge is 0.344 e. The van der Waals surface area contributed by atoms with Crippen LogP contribution in [-0.4, -0.2) is 11.1 Å². The minimum absolute atomic E-state index is 0.649. The lowest BCUT2D eigenvalue weighted by atomic mass is 10.1. The number of nitrogens with two attached hydrogens (primary N) is 1. The predicted octanol–water partition coefficient (Wildman–Crippen LogP) is 2.87. The van der Waals surface area contributed by atoms with Gasteiger partial charge in [-0.05, 0) is 37.6 Å². The van der Waals surface area contributed by atoms with Gasteiger partial charge in [0.25, 0.3) is 0 Å². The molecule has 2 aromatic rings. The van der Waals surface area contributed by atoms with E-state index in [1.165, 1.54) is 22.2 Å². The lowest BCUT2D eigenvalue weighted by Gasteiger charge is -2.06. The number of hydrogen-bond donors (Lipinski definition) is 1. The minimum atomic E-state index is 0.649. The molecular weight excluding hydrogens is 208 g/mol. The van der Waals surface area contributed by atoms with E-state index in [0.29, 0.717) is 6.54 Å². The van der Waals surface area contributed by atoms with Crippen molar-refractivity contribution in [3.8, 4) is 0 Å². The Morgan fingerprint density at radius 3 is 2.67 bits per heavy atom. The van der Waals surface area contributed by atoms with Crippen molar-refractivity contribution in [3.63, 3.8) is 0 Å². The van der Waals surface area contributed by atoms with Gasteiger partial charge < -0.3 is 10.3 Å². The Labute approximate surface area is 94.6 Å². The minimum Gasteiger partial charge on any atom is -0.344 e. The first-order chi connectivity index (χ1) is 7.13. The highest BCUT2D eigenvalue weighted by Gasteiger charge is 2.07. The highest BCUT2D eigenvalue weighted by Crippen LogP contribution is 2.26. The first kappa shape index (κ1) is 10.5. The molecule has 0 unspecified atom stereocenters. The van der Waals surface area contributed by atoms with Crippen molar-refractivity contribution >= 4 is 22.5 Å². The first-order valence-electron chi connectivity index (χ1n) is 5.09. The van der Waals surface area contributed by atoms with Crippen LogP contribution in [0.4, 0.5) is 0 Å². The molecule has 0 fully saturated rings. The summed E-state index contributed by atoms with van der Waals surface area (Å²) in [5.41, 5.74) is 9.24. The van der Waals surface area contributed by atoms with Gasteiger partial charge in [-0.25, -0.2) is 0 Å². The van der Waals surface area contributed by atoms with Crippen LogP contribution in [0.15, 0.2) is 18.2 Å². The molecule has 0 aliphatic rings.